The Kier molecular flexibility index (Phi) is 2.79. The van der Waals surface area contributed by atoms with Crippen molar-refractivity contribution < 1.29 is 14.6 Å². The topological polar surface area (TPSA) is 38.7 Å². The molecule has 0 aromatic heterocycles. The Morgan fingerprint density at radius 3 is 2.92 bits per heavy atom. The van der Waals surface area contributed by atoms with Crippen LogP contribution in [-0.4, -0.2) is 35.6 Å². The molecule has 3 unspecified atom stereocenters. The normalized spacial score (nSPS) is 45.7. The van der Waals surface area contributed by atoms with Crippen molar-refractivity contribution in [3.63, 3.8) is 0 Å². The molecule has 1 aliphatic heterocycles. The summed E-state index contributed by atoms with van der Waals surface area (Å²) in [5, 5.41) is 8.86. The van der Waals surface area contributed by atoms with Crippen LogP contribution in [0, 0.1) is 0 Å². The van der Waals surface area contributed by atoms with Crippen LogP contribution in [-0.2, 0) is 9.47 Å². The molecule has 1 heterocycles. The van der Waals surface area contributed by atoms with E-state index in [-0.39, 0.29) is 18.1 Å². The Hall–Kier alpha value is 0.170. The second-order valence-corrected chi connectivity index (χ2v) is 4.29. The van der Waals surface area contributed by atoms with Gasteiger partial charge in [0.15, 0.2) is 5.79 Å². The quantitative estimate of drug-likeness (QED) is 0.657. The Labute approximate surface area is 83.0 Å². The summed E-state index contributed by atoms with van der Waals surface area (Å²) >= 11 is 6.17. The minimum Gasteiger partial charge on any atom is -0.394 e. The standard InChI is InChI=1S/C9H15ClO3/c10-8-3-1-2-4-9(8)12-6-7(5-11)13-9/h7-8,11H,1-6H2. The van der Waals surface area contributed by atoms with Crippen molar-refractivity contribution in [2.75, 3.05) is 13.2 Å². The van der Waals surface area contributed by atoms with Crippen molar-refractivity contribution in [1.29, 1.82) is 0 Å². The average Bonchev–Trinajstić information content (AvgIpc) is 2.56. The molecule has 13 heavy (non-hydrogen) atoms. The molecule has 2 aliphatic rings. The molecule has 2 rings (SSSR count). The molecular weight excluding hydrogens is 192 g/mol. The molecule has 0 bridgehead atoms. The smallest absolute Gasteiger partial charge is 0.185 e. The maximum Gasteiger partial charge on any atom is 0.185 e. The van der Waals surface area contributed by atoms with Crippen LogP contribution in [0.25, 0.3) is 0 Å². The van der Waals surface area contributed by atoms with E-state index in [2.05, 4.69) is 0 Å². The Morgan fingerprint density at radius 2 is 2.31 bits per heavy atom. The van der Waals surface area contributed by atoms with Gasteiger partial charge in [0, 0.05) is 6.42 Å². The Morgan fingerprint density at radius 1 is 1.46 bits per heavy atom. The van der Waals surface area contributed by atoms with Crippen molar-refractivity contribution in [2.45, 2.75) is 43.0 Å². The van der Waals surface area contributed by atoms with Crippen LogP contribution in [0.4, 0.5) is 0 Å². The van der Waals surface area contributed by atoms with E-state index in [1.165, 1.54) is 0 Å². The van der Waals surface area contributed by atoms with Crippen molar-refractivity contribution in [1.82, 2.24) is 0 Å². The fourth-order valence-electron chi connectivity index (χ4n) is 2.04. The van der Waals surface area contributed by atoms with Crippen molar-refractivity contribution in [3.05, 3.63) is 0 Å². The van der Waals surface area contributed by atoms with Gasteiger partial charge in [-0.05, 0) is 12.8 Å². The molecule has 2 fully saturated rings. The summed E-state index contributed by atoms with van der Waals surface area (Å²) in [4.78, 5) is 0. The van der Waals surface area contributed by atoms with Crippen molar-refractivity contribution in [2.24, 2.45) is 0 Å². The first kappa shape index (κ1) is 9.71. The predicted octanol–water partition coefficient (Wildman–Crippen LogP) is 1.27. The van der Waals surface area contributed by atoms with Crippen LogP contribution in [0.2, 0.25) is 0 Å². The van der Waals surface area contributed by atoms with Gasteiger partial charge in [-0.25, -0.2) is 0 Å². The van der Waals surface area contributed by atoms with Gasteiger partial charge >= 0.3 is 0 Å². The maximum atomic E-state index is 8.92. The number of alkyl halides is 1. The van der Waals surface area contributed by atoms with Gasteiger partial charge in [0.05, 0.1) is 18.6 Å². The lowest BCUT2D eigenvalue weighted by molar-refractivity contribution is -0.186. The van der Waals surface area contributed by atoms with Gasteiger partial charge in [0.2, 0.25) is 0 Å². The largest absolute Gasteiger partial charge is 0.394 e. The van der Waals surface area contributed by atoms with Gasteiger partial charge in [0.1, 0.15) is 6.10 Å². The van der Waals surface area contributed by atoms with Crippen LogP contribution in [0.1, 0.15) is 25.7 Å². The molecule has 0 aromatic rings. The van der Waals surface area contributed by atoms with Crippen LogP contribution >= 0.6 is 11.6 Å². The molecule has 3 atom stereocenters. The molecule has 0 radical (unpaired) electrons. The number of rotatable bonds is 1. The zero-order chi connectivity index (χ0) is 9.31. The van der Waals surface area contributed by atoms with E-state index in [1.807, 2.05) is 0 Å². The minimum absolute atomic E-state index is 0.0192. The summed E-state index contributed by atoms with van der Waals surface area (Å²) in [7, 11) is 0. The number of aliphatic hydroxyl groups excluding tert-OH is 1. The summed E-state index contributed by atoms with van der Waals surface area (Å²) < 4.78 is 11.2. The molecule has 1 N–H and O–H groups in total. The first-order chi connectivity index (χ1) is 6.27. The number of ether oxygens (including phenoxy) is 2. The average molecular weight is 207 g/mol. The molecular formula is C9H15ClO3. The fourth-order valence-corrected chi connectivity index (χ4v) is 2.42. The SMILES string of the molecule is OCC1COC2(CCCCC2Cl)O1. The zero-order valence-electron chi connectivity index (χ0n) is 7.54. The van der Waals surface area contributed by atoms with Gasteiger partial charge in [-0.3, -0.25) is 0 Å². The number of halogens is 1. The van der Waals surface area contributed by atoms with Crippen LogP contribution in [0.5, 0.6) is 0 Å². The molecule has 1 spiro atoms. The molecule has 1 aliphatic carbocycles. The highest BCUT2D eigenvalue weighted by molar-refractivity contribution is 6.21. The van der Waals surface area contributed by atoms with E-state index in [9.17, 15) is 0 Å². The lowest BCUT2D eigenvalue weighted by Crippen LogP contribution is -2.43. The summed E-state index contributed by atoms with van der Waals surface area (Å²) in [5.74, 6) is -0.590. The van der Waals surface area contributed by atoms with E-state index in [1.54, 1.807) is 0 Å². The maximum absolute atomic E-state index is 8.92. The van der Waals surface area contributed by atoms with Crippen molar-refractivity contribution >= 4 is 11.6 Å². The molecule has 0 aromatic carbocycles. The minimum atomic E-state index is -0.590. The summed E-state index contributed by atoms with van der Waals surface area (Å²) in [5.41, 5.74) is 0. The molecule has 0 amide bonds. The van der Waals surface area contributed by atoms with Gasteiger partial charge in [-0.1, -0.05) is 6.42 Å². The number of aliphatic hydroxyl groups is 1. The van der Waals surface area contributed by atoms with Crippen LogP contribution < -0.4 is 0 Å². The Balaban J connectivity index is 2.03. The van der Waals surface area contributed by atoms with E-state index in [4.69, 9.17) is 26.2 Å². The molecule has 3 nitrogen and oxygen atoms in total. The van der Waals surface area contributed by atoms with E-state index in [0.29, 0.717) is 6.61 Å². The first-order valence-corrected chi connectivity index (χ1v) is 5.27. The van der Waals surface area contributed by atoms with Crippen LogP contribution in [0.15, 0.2) is 0 Å². The third kappa shape index (κ3) is 1.71. The third-order valence-corrected chi connectivity index (χ3v) is 3.34. The second kappa shape index (κ2) is 3.73. The highest BCUT2D eigenvalue weighted by Gasteiger charge is 2.48. The summed E-state index contributed by atoms with van der Waals surface area (Å²) in [6.45, 7) is 0.491. The highest BCUT2D eigenvalue weighted by Crippen LogP contribution is 2.40. The lowest BCUT2D eigenvalue weighted by atomic mass is 9.94. The van der Waals surface area contributed by atoms with Gasteiger partial charge in [0.25, 0.3) is 0 Å². The van der Waals surface area contributed by atoms with Gasteiger partial charge in [-0.2, -0.15) is 0 Å². The Bertz CT molecular complexity index is 188. The van der Waals surface area contributed by atoms with E-state index >= 15 is 0 Å². The summed E-state index contributed by atoms with van der Waals surface area (Å²) in [6.07, 6.45) is 3.87. The predicted molar refractivity (Wildman–Crippen MR) is 48.8 cm³/mol. The number of hydrogen-bond donors (Lipinski definition) is 1. The van der Waals surface area contributed by atoms with Gasteiger partial charge < -0.3 is 14.6 Å². The van der Waals surface area contributed by atoms with E-state index in [0.717, 1.165) is 25.7 Å². The monoisotopic (exact) mass is 206 g/mol. The van der Waals surface area contributed by atoms with Crippen molar-refractivity contribution in [3.8, 4) is 0 Å². The molecule has 76 valence electrons. The fraction of sp³-hybridized carbons (Fsp3) is 1.00. The summed E-state index contributed by atoms with van der Waals surface area (Å²) in [6, 6.07) is 0. The van der Waals surface area contributed by atoms with E-state index < -0.39 is 5.79 Å². The second-order valence-electron chi connectivity index (χ2n) is 3.76. The third-order valence-electron chi connectivity index (χ3n) is 2.79. The zero-order valence-corrected chi connectivity index (χ0v) is 8.29. The molecule has 1 saturated carbocycles. The lowest BCUT2D eigenvalue weighted by Gasteiger charge is -2.36. The highest BCUT2D eigenvalue weighted by atomic mass is 35.5. The van der Waals surface area contributed by atoms with Crippen LogP contribution in [0.3, 0.4) is 0 Å². The number of hydrogen-bond acceptors (Lipinski definition) is 3. The van der Waals surface area contributed by atoms with Gasteiger partial charge in [-0.15, -0.1) is 11.6 Å². The molecule has 4 heteroatoms. The first-order valence-electron chi connectivity index (χ1n) is 4.83. The molecule has 1 saturated heterocycles.